The van der Waals surface area contributed by atoms with E-state index in [1.54, 1.807) is 35.2 Å². The van der Waals surface area contributed by atoms with E-state index in [0.717, 1.165) is 0 Å². The SMILES string of the molecule is COc1ccc(S(=O)(=O)Nc2c(C(=O)N3CCOCC3)oc3ccccc23)cc1Br. The van der Waals surface area contributed by atoms with Crippen molar-refractivity contribution < 1.29 is 27.1 Å². The number of hydrogen-bond donors (Lipinski definition) is 1. The summed E-state index contributed by atoms with van der Waals surface area (Å²) in [7, 11) is -2.51. The quantitative estimate of drug-likeness (QED) is 0.582. The Balaban J connectivity index is 1.76. The third-order valence-corrected chi connectivity index (χ3v) is 6.73. The monoisotopic (exact) mass is 494 g/mol. The molecule has 2 aromatic carbocycles. The first kappa shape index (κ1) is 20.7. The van der Waals surface area contributed by atoms with Crippen LogP contribution in [0.3, 0.4) is 0 Å². The Hall–Kier alpha value is -2.56. The fourth-order valence-electron chi connectivity index (χ4n) is 3.21. The molecule has 1 N–H and O–H groups in total. The third-order valence-electron chi connectivity index (χ3n) is 4.76. The minimum absolute atomic E-state index is 0.0187. The number of carbonyl (C=O) groups is 1. The number of ether oxygens (including phenoxy) is 2. The zero-order chi connectivity index (χ0) is 21.3. The summed E-state index contributed by atoms with van der Waals surface area (Å²) in [6.45, 7) is 1.67. The first-order valence-corrected chi connectivity index (χ1v) is 11.4. The summed E-state index contributed by atoms with van der Waals surface area (Å²) in [6, 6.07) is 11.3. The van der Waals surface area contributed by atoms with E-state index in [0.29, 0.717) is 47.5 Å². The van der Waals surface area contributed by atoms with Gasteiger partial charge in [-0.05, 0) is 46.3 Å². The van der Waals surface area contributed by atoms with Crippen molar-refractivity contribution in [3.05, 3.63) is 52.7 Å². The summed E-state index contributed by atoms with van der Waals surface area (Å²) in [5.41, 5.74) is 0.539. The highest BCUT2D eigenvalue weighted by Gasteiger charge is 2.29. The van der Waals surface area contributed by atoms with E-state index in [1.165, 1.54) is 19.2 Å². The topological polar surface area (TPSA) is 98.1 Å². The second-order valence-electron chi connectivity index (χ2n) is 6.61. The van der Waals surface area contributed by atoms with Crippen molar-refractivity contribution in [2.45, 2.75) is 4.90 Å². The maximum atomic E-state index is 13.1. The zero-order valence-corrected chi connectivity index (χ0v) is 18.5. The molecular weight excluding hydrogens is 476 g/mol. The van der Waals surface area contributed by atoms with Gasteiger partial charge in [-0.2, -0.15) is 0 Å². The number of anilines is 1. The van der Waals surface area contributed by atoms with Crippen LogP contribution in [0.1, 0.15) is 10.6 Å². The number of fused-ring (bicyclic) bond motifs is 1. The Kier molecular flexibility index (Phi) is 5.72. The lowest BCUT2D eigenvalue weighted by atomic mass is 10.2. The molecule has 0 saturated carbocycles. The van der Waals surface area contributed by atoms with Gasteiger partial charge in [0.25, 0.3) is 15.9 Å². The van der Waals surface area contributed by atoms with Crippen molar-refractivity contribution in [3.63, 3.8) is 0 Å². The lowest BCUT2D eigenvalue weighted by Gasteiger charge is -2.26. The summed E-state index contributed by atoms with van der Waals surface area (Å²) in [5.74, 6) is 0.0725. The Morgan fingerprint density at radius 1 is 1.17 bits per heavy atom. The van der Waals surface area contributed by atoms with Crippen LogP contribution in [0.2, 0.25) is 0 Å². The van der Waals surface area contributed by atoms with Crippen LogP contribution in [0.5, 0.6) is 5.75 Å². The number of sulfonamides is 1. The molecule has 1 amide bonds. The van der Waals surface area contributed by atoms with E-state index in [2.05, 4.69) is 20.7 Å². The van der Waals surface area contributed by atoms with E-state index in [9.17, 15) is 13.2 Å². The molecule has 1 aliphatic rings. The number of morpholine rings is 1. The lowest BCUT2D eigenvalue weighted by molar-refractivity contribution is 0.0285. The fourth-order valence-corrected chi connectivity index (χ4v) is 5.02. The number of hydrogen-bond acceptors (Lipinski definition) is 6. The lowest BCUT2D eigenvalue weighted by Crippen LogP contribution is -2.40. The number of methoxy groups -OCH3 is 1. The maximum absolute atomic E-state index is 13.1. The molecule has 0 unspecified atom stereocenters. The number of carbonyl (C=O) groups excluding carboxylic acids is 1. The molecule has 1 fully saturated rings. The second kappa shape index (κ2) is 8.29. The molecule has 158 valence electrons. The maximum Gasteiger partial charge on any atom is 0.291 e. The largest absolute Gasteiger partial charge is 0.496 e. The standard InChI is InChI=1S/C20H19BrN2O6S/c1-27-17-7-6-13(12-15(17)21)30(25,26)22-18-14-4-2-3-5-16(14)29-19(18)20(24)23-8-10-28-11-9-23/h2-7,12,22H,8-11H2,1H3. The molecule has 1 saturated heterocycles. The molecule has 0 atom stereocenters. The van der Waals surface area contributed by atoms with Gasteiger partial charge in [-0.3, -0.25) is 9.52 Å². The van der Waals surface area contributed by atoms with Gasteiger partial charge in [-0.15, -0.1) is 0 Å². The zero-order valence-electron chi connectivity index (χ0n) is 16.1. The molecule has 0 aliphatic carbocycles. The predicted octanol–water partition coefficient (Wildman–Crippen LogP) is 3.48. The first-order valence-electron chi connectivity index (χ1n) is 9.15. The molecule has 3 aromatic rings. The second-order valence-corrected chi connectivity index (χ2v) is 9.15. The van der Waals surface area contributed by atoms with Crippen LogP contribution in [-0.4, -0.2) is 52.6 Å². The number of halogens is 1. The predicted molar refractivity (Wildman–Crippen MR) is 114 cm³/mol. The van der Waals surface area contributed by atoms with Gasteiger partial charge in [-0.1, -0.05) is 12.1 Å². The van der Waals surface area contributed by atoms with Gasteiger partial charge < -0.3 is 18.8 Å². The number of furan rings is 1. The van der Waals surface area contributed by atoms with Crippen molar-refractivity contribution in [1.29, 1.82) is 0 Å². The van der Waals surface area contributed by atoms with E-state index in [-0.39, 0.29) is 22.3 Å². The summed E-state index contributed by atoms with van der Waals surface area (Å²) >= 11 is 3.30. The number of rotatable bonds is 5. The van der Waals surface area contributed by atoms with Crippen molar-refractivity contribution >= 4 is 48.5 Å². The van der Waals surface area contributed by atoms with E-state index in [1.807, 2.05) is 0 Å². The van der Waals surface area contributed by atoms with Crippen molar-refractivity contribution in [2.75, 3.05) is 38.1 Å². The van der Waals surface area contributed by atoms with Gasteiger partial charge in [0.1, 0.15) is 17.0 Å². The normalized spacial score (nSPS) is 14.7. The summed E-state index contributed by atoms with van der Waals surface area (Å²) in [6.07, 6.45) is 0. The number of para-hydroxylation sites is 1. The molecule has 0 radical (unpaired) electrons. The highest BCUT2D eigenvalue weighted by Crippen LogP contribution is 2.34. The average molecular weight is 495 g/mol. The minimum Gasteiger partial charge on any atom is -0.496 e. The van der Waals surface area contributed by atoms with Crippen LogP contribution >= 0.6 is 15.9 Å². The fraction of sp³-hybridized carbons (Fsp3) is 0.250. The molecular formula is C20H19BrN2O6S. The Morgan fingerprint density at radius 2 is 1.90 bits per heavy atom. The van der Waals surface area contributed by atoms with Gasteiger partial charge in [0.2, 0.25) is 5.76 Å². The molecule has 8 nitrogen and oxygen atoms in total. The third kappa shape index (κ3) is 3.90. The van der Waals surface area contributed by atoms with Crippen molar-refractivity contribution in [1.82, 2.24) is 4.90 Å². The van der Waals surface area contributed by atoms with Crippen LogP contribution in [0, 0.1) is 0 Å². The smallest absolute Gasteiger partial charge is 0.291 e. The van der Waals surface area contributed by atoms with Crippen molar-refractivity contribution in [3.8, 4) is 5.75 Å². The van der Waals surface area contributed by atoms with E-state index >= 15 is 0 Å². The number of nitrogens with one attached hydrogen (secondary N) is 1. The van der Waals surface area contributed by atoms with Crippen LogP contribution < -0.4 is 9.46 Å². The molecule has 1 aromatic heterocycles. The first-order chi connectivity index (χ1) is 14.4. The molecule has 1 aliphatic heterocycles. The van der Waals surface area contributed by atoms with E-state index in [4.69, 9.17) is 13.9 Å². The number of nitrogens with zero attached hydrogens (tertiary/aromatic N) is 1. The Labute approximate surface area is 181 Å². The summed E-state index contributed by atoms with van der Waals surface area (Å²) < 4.78 is 45.4. The highest BCUT2D eigenvalue weighted by atomic mass is 79.9. The van der Waals surface area contributed by atoms with Gasteiger partial charge >= 0.3 is 0 Å². The van der Waals surface area contributed by atoms with Crippen LogP contribution in [0.15, 0.2) is 56.2 Å². The van der Waals surface area contributed by atoms with Gasteiger partial charge in [0, 0.05) is 18.5 Å². The van der Waals surface area contributed by atoms with Gasteiger partial charge in [-0.25, -0.2) is 8.42 Å². The molecule has 0 spiro atoms. The highest BCUT2D eigenvalue weighted by molar-refractivity contribution is 9.10. The summed E-state index contributed by atoms with van der Waals surface area (Å²) in [5, 5.41) is 0.505. The molecule has 0 bridgehead atoms. The molecule has 10 heteroatoms. The van der Waals surface area contributed by atoms with E-state index < -0.39 is 10.0 Å². The molecule has 2 heterocycles. The van der Waals surface area contributed by atoms with Gasteiger partial charge in [0.05, 0.1) is 29.7 Å². The van der Waals surface area contributed by atoms with Crippen LogP contribution in [-0.2, 0) is 14.8 Å². The van der Waals surface area contributed by atoms with Crippen LogP contribution in [0.4, 0.5) is 5.69 Å². The summed E-state index contributed by atoms with van der Waals surface area (Å²) in [4.78, 5) is 14.7. The Bertz CT molecular complexity index is 1200. The average Bonchev–Trinajstić information content (AvgIpc) is 3.11. The molecule has 30 heavy (non-hydrogen) atoms. The number of benzene rings is 2. The number of amides is 1. The minimum atomic E-state index is -4.00. The Morgan fingerprint density at radius 3 is 2.60 bits per heavy atom. The molecule has 4 rings (SSSR count). The van der Waals surface area contributed by atoms with Gasteiger partial charge in [0.15, 0.2) is 0 Å². The van der Waals surface area contributed by atoms with Crippen LogP contribution in [0.25, 0.3) is 11.0 Å². The van der Waals surface area contributed by atoms with Crippen molar-refractivity contribution in [2.24, 2.45) is 0 Å².